The third kappa shape index (κ3) is 5.64. The zero-order valence-electron chi connectivity index (χ0n) is 21.3. The molecular formula is C30H25N3O4S2. The summed E-state index contributed by atoms with van der Waals surface area (Å²) >= 11 is 6.58. The summed E-state index contributed by atoms with van der Waals surface area (Å²) < 4.78 is 8.22. The standard InChI is InChI=1S/C30H25N3O4S2/c1-19-13-15-23(16-14-19)37-28-24(20(2)31-33(28)22-11-7-4-8-12-22)18-26-27(34)32(30(38)39-26)25(29(35)36)17-21-9-5-3-6-10-21/h3-16,18,25H,17H2,1-2H3,(H,35,36)/b26-18-/t25-/m0/s1. The summed E-state index contributed by atoms with van der Waals surface area (Å²) in [5.74, 6) is -0.519. The number of hydrogen-bond acceptors (Lipinski definition) is 6. The van der Waals surface area contributed by atoms with Crippen LogP contribution in [0.5, 0.6) is 11.6 Å². The highest BCUT2D eigenvalue weighted by atomic mass is 32.2. The molecule has 0 unspecified atom stereocenters. The Morgan fingerprint density at radius 2 is 1.67 bits per heavy atom. The van der Waals surface area contributed by atoms with Gasteiger partial charge in [-0.15, -0.1) is 0 Å². The average Bonchev–Trinajstić information content (AvgIpc) is 3.39. The number of benzene rings is 3. The molecule has 1 aromatic heterocycles. The Morgan fingerprint density at radius 3 is 2.31 bits per heavy atom. The lowest BCUT2D eigenvalue weighted by Crippen LogP contribution is -2.45. The van der Waals surface area contributed by atoms with Crippen LogP contribution in [0.4, 0.5) is 0 Å². The highest BCUT2D eigenvalue weighted by Gasteiger charge is 2.41. The number of carboxylic acids is 1. The number of aromatic nitrogens is 2. The molecule has 0 spiro atoms. The van der Waals surface area contributed by atoms with Crippen molar-refractivity contribution in [2.45, 2.75) is 26.3 Å². The zero-order valence-corrected chi connectivity index (χ0v) is 22.9. The number of carbonyl (C=O) groups excluding carboxylic acids is 1. The minimum absolute atomic E-state index is 0.142. The number of aryl methyl sites for hydroxylation is 2. The maximum absolute atomic E-state index is 13.6. The third-order valence-corrected chi connectivity index (χ3v) is 7.60. The van der Waals surface area contributed by atoms with E-state index in [1.807, 2.05) is 98.8 Å². The van der Waals surface area contributed by atoms with Crippen LogP contribution in [0.1, 0.15) is 22.4 Å². The van der Waals surface area contributed by atoms with Crippen molar-refractivity contribution in [3.05, 3.63) is 112 Å². The van der Waals surface area contributed by atoms with Gasteiger partial charge in [0.2, 0.25) is 5.88 Å². The maximum atomic E-state index is 13.6. The number of ether oxygens (including phenoxy) is 1. The molecule has 2 heterocycles. The molecule has 0 aliphatic carbocycles. The zero-order chi connectivity index (χ0) is 27.5. The van der Waals surface area contributed by atoms with Crippen LogP contribution in [0, 0.1) is 13.8 Å². The fourth-order valence-electron chi connectivity index (χ4n) is 4.25. The van der Waals surface area contributed by atoms with Crippen LogP contribution in [0.3, 0.4) is 0 Å². The van der Waals surface area contributed by atoms with E-state index < -0.39 is 17.9 Å². The van der Waals surface area contributed by atoms with E-state index in [1.54, 1.807) is 10.8 Å². The normalized spacial score (nSPS) is 15.1. The Labute approximate surface area is 235 Å². The van der Waals surface area contributed by atoms with E-state index in [9.17, 15) is 14.7 Å². The number of para-hydroxylation sites is 1. The molecule has 1 amide bonds. The molecule has 0 bridgehead atoms. The topological polar surface area (TPSA) is 84.7 Å². The highest BCUT2D eigenvalue weighted by molar-refractivity contribution is 8.26. The van der Waals surface area contributed by atoms with Crippen LogP contribution >= 0.6 is 24.0 Å². The number of amides is 1. The molecule has 1 saturated heterocycles. The van der Waals surface area contributed by atoms with Crippen molar-refractivity contribution in [2.75, 3.05) is 0 Å². The quantitative estimate of drug-likeness (QED) is 0.205. The number of rotatable bonds is 8. The Hall–Kier alpha value is -4.21. The molecule has 9 heteroatoms. The molecule has 1 aliphatic heterocycles. The number of thioether (sulfide) groups is 1. The van der Waals surface area contributed by atoms with E-state index >= 15 is 0 Å². The second kappa shape index (κ2) is 11.3. The maximum Gasteiger partial charge on any atom is 0.327 e. The van der Waals surface area contributed by atoms with Crippen LogP contribution < -0.4 is 4.74 Å². The summed E-state index contributed by atoms with van der Waals surface area (Å²) in [5, 5.41) is 14.7. The molecule has 1 aliphatic rings. The van der Waals surface area contributed by atoms with Gasteiger partial charge in [-0.25, -0.2) is 4.79 Å². The highest BCUT2D eigenvalue weighted by Crippen LogP contribution is 2.38. The third-order valence-electron chi connectivity index (χ3n) is 6.27. The van der Waals surface area contributed by atoms with Gasteiger partial charge in [0.25, 0.3) is 5.91 Å². The smallest absolute Gasteiger partial charge is 0.327 e. The summed E-state index contributed by atoms with van der Waals surface area (Å²) in [5.41, 5.74) is 3.95. The molecule has 0 saturated carbocycles. The van der Waals surface area contributed by atoms with E-state index in [2.05, 4.69) is 0 Å². The Bertz CT molecular complexity index is 1570. The van der Waals surface area contributed by atoms with Crippen LogP contribution in [0.15, 0.2) is 89.8 Å². The van der Waals surface area contributed by atoms with E-state index in [4.69, 9.17) is 22.1 Å². The molecular weight excluding hydrogens is 530 g/mol. The number of carbonyl (C=O) groups is 2. The first-order chi connectivity index (χ1) is 18.8. The first-order valence-corrected chi connectivity index (χ1v) is 13.5. The van der Waals surface area contributed by atoms with Crippen LogP contribution in [-0.4, -0.2) is 42.0 Å². The Kier molecular flexibility index (Phi) is 7.63. The molecule has 1 N–H and O–H groups in total. The van der Waals surface area contributed by atoms with E-state index in [0.29, 0.717) is 27.8 Å². The van der Waals surface area contributed by atoms with Gasteiger partial charge < -0.3 is 9.84 Å². The van der Waals surface area contributed by atoms with Gasteiger partial charge in [-0.05, 0) is 49.8 Å². The monoisotopic (exact) mass is 555 g/mol. The van der Waals surface area contributed by atoms with E-state index in [0.717, 1.165) is 28.6 Å². The van der Waals surface area contributed by atoms with Gasteiger partial charge in [0.1, 0.15) is 16.1 Å². The predicted octanol–water partition coefficient (Wildman–Crippen LogP) is 6.18. The lowest BCUT2D eigenvalue weighted by Gasteiger charge is -2.23. The second-order valence-corrected chi connectivity index (χ2v) is 10.7. The van der Waals surface area contributed by atoms with Crippen molar-refractivity contribution in [2.24, 2.45) is 0 Å². The van der Waals surface area contributed by atoms with Crippen LogP contribution in [0.2, 0.25) is 0 Å². The minimum atomic E-state index is -1.12. The minimum Gasteiger partial charge on any atom is -0.480 e. The molecule has 4 aromatic rings. The first-order valence-electron chi connectivity index (χ1n) is 12.2. The summed E-state index contributed by atoms with van der Waals surface area (Å²) in [6.45, 7) is 3.83. The van der Waals surface area contributed by atoms with Crippen molar-refractivity contribution in [3.8, 4) is 17.3 Å². The van der Waals surface area contributed by atoms with Crippen molar-refractivity contribution < 1.29 is 19.4 Å². The fourth-order valence-corrected chi connectivity index (χ4v) is 5.59. The second-order valence-electron chi connectivity index (χ2n) is 9.06. The van der Waals surface area contributed by atoms with E-state index in [1.165, 1.54) is 4.90 Å². The fraction of sp³-hybridized carbons (Fsp3) is 0.133. The predicted molar refractivity (Wildman–Crippen MR) is 156 cm³/mol. The van der Waals surface area contributed by atoms with Crippen molar-refractivity contribution in [1.82, 2.24) is 14.7 Å². The largest absolute Gasteiger partial charge is 0.480 e. The van der Waals surface area contributed by atoms with E-state index in [-0.39, 0.29) is 10.7 Å². The Morgan fingerprint density at radius 1 is 1.03 bits per heavy atom. The number of nitrogens with zero attached hydrogens (tertiary/aromatic N) is 3. The summed E-state index contributed by atoms with van der Waals surface area (Å²) in [4.78, 5) is 27.3. The molecule has 1 fully saturated rings. The van der Waals surface area contributed by atoms with Crippen molar-refractivity contribution >= 4 is 46.3 Å². The summed E-state index contributed by atoms with van der Waals surface area (Å²) in [7, 11) is 0. The van der Waals surface area contributed by atoms with Gasteiger partial charge in [-0.2, -0.15) is 9.78 Å². The molecule has 0 radical (unpaired) electrons. The summed E-state index contributed by atoms with van der Waals surface area (Å²) in [6.07, 6.45) is 1.83. The van der Waals surface area contributed by atoms with Gasteiger partial charge in [-0.1, -0.05) is 90.2 Å². The molecule has 196 valence electrons. The van der Waals surface area contributed by atoms with Gasteiger partial charge in [0.05, 0.1) is 21.8 Å². The average molecular weight is 556 g/mol. The first kappa shape index (κ1) is 26.4. The van der Waals surface area contributed by atoms with Crippen molar-refractivity contribution in [1.29, 1.82) is 0 Å². The van der Waals surface area contributed by atoms with Crippen molar-refractivity contribution in [3.63, 3.8) is 0 Å². The lowest BCUT2D eigenvalue weighted by atomic mass is 10.0. The van der Waals surface area contributed by atoms with Gasteiger partial charge >= 0.3 is 5.97 Å². The van der Waals surface area contributed by atoms with Gasteiger partial charge in [-0.3, -0.25) is 9.69 Å². The molecule has 5 rings (SSSR count). The number of thiocarbonyl (C=S) groups is 1. The molecule has 7 nitrogen and oxygen atoms in total. The molecule has 3 aromatic carbocycles. The number of aliphatic carboxylic acids is 1. The van der Waals surface area contributed by atoms with Gasteiger partial charge in [0, 0.05) is 6.42 Å². The molecule has 39 heavy (non-hydrogen) atoms. The van der Waals surface area contributed by atoms with Crippen LogP contribution in [-0.2, 0) is 16.0 Å². The Balaban J connectivity index is 1.53. The number of carboxylic acid groups (broad SMARTS) is 1. The summed E-state index contributed by atoms with van der Waals surface area (Å²) in [6, 6.07) is 25.3. The lowest BCUT2D eigenvalue weighted by molar-refractivity contribution is -0.145. The van der Waals surface area contributed by atoms with Crippen LogP contribution in [0.25, 0.3) is 11.8 Å². The SMILES string of the molecule is Cc1ccc(Oc2c(/C=C3\SC(=S)N([C@@H](Cc4ccccc4)C(=O)O)C3=O)c(C)nn2-c2ccccc2)cc1. The number of hydrogen-bond donors (Lipinski definition) is 1. The van der Waals surface area contributed by atoms with Gasteiger partial charge in [0.15, 0.2) is 0 Å². The molecule has 1 atom stereocenters.